The van der Waals surface area contributed by atoms with Crippen molar-refractivity contribution in [2.75, 3.05) is 5.32 Å². The Morgan fingerprint density at radius 1 is 1.40 bits per heavy atom. The van der Waals surface area contributed by atoms with Gasteiger partial charge in [0, 0.05) is 6.04 Å². The van der Waals surface area contributed by atoms with E-state index in [1.54, 1.807) is 17.7 Å². The Morgan fingerprint density at radius 2 is 2.27 bits per heavy atom. The largest absolute Gasteiger partial charge is 0.366 e. The maximum Gasteiger partial charge on any atom is 0.147 e. The van der Waals surface area contributed by atoms with Crippen LogP contribution in [-0.2, 0) is 0 Å². The Bertz CT molecular complexity index is 473. The van der Waals surface area contributed by atoms with E-state index in [1.807, 2.05) is 6.07 Å². The van der Waals surface area contributed by atoms with Crippen LogP contribution in [-0.4, -0.2) is 16.0 Å². The predicted octanol–water partition coefficient (Wildman–Crippen LogP) is 2.90. The van der Waals surface area contributed by atoms with Crippen molar-refractivity contribution in [3.05, 3.63) is 17.8 Å². The summed E-state index contributed by atoms with van der Waals surface area (Å²) in [4.78, 5) is 8.54. The summed E-state index contributed by atoms with van der Waals surface area (Å²) < 4.78 is 1.18. The highest BCUT2D eigenvalue weighted by Gasteiger charge is 2.25. The molecule has 0 unspecified atom stereocenters. The number of anilines is 1. The van der Waals surface area contributed by atoms with E-state index in [0.717, 1.165) is 17.3 Å². The lowest BCUT2D eigenvalue weighted by molar-refractivity contribution is 0.309. The molecule has 1 fully saturated rings. The van der Waals surface area contributed by atoms with Crippen LogP contribution in [0.15, 0.2) is 17.8 Å². The SMILES string of the molecule is CC1CC(Nc2ncnc3ccsc23)C1. The van der Waals surface area contributed by atoms with Gasteiger partial charge in [0.25, 0.3) is 0 Å². The zero-order chi connectivity index (χ0) is 10.3. The van der Waals surface area contributed by atoms with Gasteiger partial charge in [0.15, 0.2) is 0 Å². The van der Waals surface area contributed by atoms with Gasteiger partial charge < -0.3 is 5.32 Å². The van der Waals surface area contributed by atoms with Crippen molar-refractivity contribution in [2.45, 2.75) is 25.8 Å². The second-order valence-corrected chi connectivity index (χ2v) is 5.19. The molecule has 3 nitrogen and oxygen atoms in total. The fourth-order valence-electron chi connectivity index (χ4n) is 2.11. The summed E-state index contributed by atoms with van der Waals surface area (Å²) in [5.41, 5.74) is 1.05. The molecule has 4 heteroatoms. The first-order chi connectivity index (χ1) is 7.33. The Kier molecular flexibility index (Phi) is 2.09. The van der Waals surface area contributed by atoms with Gasteiger partial charge in [-0.1, -0.05) is 6.92 Å². The zero-order valence-corrected chi connectivity index (χ0v) is 9.42. The van der Waals surface area contributed by atoms with E-state index in [1.165, 1.54) is 17.5 Å². The third kappa shape index (κ3) is 1.59. The first-order valence-electron chi connectivity index (χ1n) is 5.27. The number of aromatic nitrogens is 2. The molecule has 1 N–H and O–H groups in total. The number of hydrogen-bond acceptors (Lipinski definition) is 4. The summed E-state index contributed by atoms with van der Waals surface area (Å²) in [5, 5.41) is 5.56. The summed E-state index contributed by atoms with van der Waals surface area (Å²) in [7, 11) is 0. The van der Waals surface area contributed by atoms with E-state index in [9.17, 15) is 0 Å². The average molecular weight is 219 g/mol. The lowest BCUT2D eigenvalue weighted by Crippen LogP contribution is -2.34. The highest BCUT2D eigenvalue weighted by molar-refractivity contribution is 7.17. The molecular weight excluding hydrogens is 206 g/mol. The van der Waals surface area contributed by atoms with Gasteiger partial charge in [-0.15, -0.1) is 11.3 Å². The summed E-state index contributed by atoms with van der Waals surface area (Å²) in [6, 6.07) is 2.65. The Balaban J connectivity index is 1.87. The number of fused-ring (bicyclic) bond motifs is 1. The van der Waals surface area contributed by atoms with Crippen molar-refractivity contribution in [3.63, 3.8) is 0 Å². The Labute approximate surface area is 92.6 Å². The number of thiophene rings is 1. The van der Waals surface area contributed by atoms with Crippen LogP contribution in [0.4, 0.5) is 5.82 Å². The lowest BCUT2D eigenvalue weighted by Gasteiger charge is -2.33. The van der Waals surface area contributed by atoms with E-state index in [-0.39, 0.29) is 0 Å². The third-order valence-electron chi connectivity index (χ3n) is 2.96. The second-order valence-electron chi connectivity index (χ2n) is 4.28. The Hall–Kier alpha value is -1.16. The predicted molar refractivity (Wildman–Crippen MR) is 63.2 cm³/mol. The van der Waals surface area contributed by atoms with Gasteiger partial charge >= 0.3 is 0 Å². The van der Waals surface area contributed by atoms with Crippen molar-refractivity contribution in [3.8, 4) is 0 Å². The maximum absolute atomic E-state index is 4.31. The maximum atomic E-state index is 4.31. The van der Waals surface area contributed by atoms with Gasteiger partial charge in [0.1, 0.15) is 12.1 Å². The van der Waals surface area contributed by atoms with Crippen molar-refractivity contribution in [1.82, 2.24) is 9.97 Å². The molecule has 0 radical (unpaired) electrons. The molecule has 0 aliphatic heterocycles. The van der Waals surface area contributed by atoms with Crippen LogP contribution in [0.5, 0.6) is 0 Å². The van der Waals surface area contributed by atoms with Crippen molar-refractivity contribution in [1.29, 1.82) is 0 Å². The lowest BCUT2D eigenvalue weighted by atomic mass is 9.82. The van der Waals surface area contributed by atoms with E-state index in [0.29, 0.717) is 6.04 Å². The molecule has 1 saturated carbocycles. The normalized spacial score (nSPS) is 25.1. The van der Waals surface area contributed by atoms with Gasteiger partial charge in [-0.25, -0.2) is 9.97 Å². The molecule has 0 spiro atoms. The van der Waals surface area contributed by atoms with E-state index < -0.39 is 0 Å². The first kappa shape index (κ1) is 9.09. The van der Waals surface area contributed by atoms with E-state index in [4.69, 9.17) is 0 Å². The van der Waals surface area contributed by atoms with Crippen LogP contribution in [0, 0.1) is 5.92 Å². The van der Waals surface area contributed by atoms with Crippen LogP contribution < -0.4 is 5.32 Å². The molecule has 0 amide bonds. The average Bonchev–Trinajstić information content (AvgIpc) is 2.64. The molecule has 0 aromatic carbocycles. The fraction of sp³-hybridized carbons (Fsp3) is 0.455. The van der Waals surface area contributed by atoms with Crippen LogP contribution in [0.3, 0.4) is 0 Å². The van der Waals surface area contributed by atoms with E-state index in [2.05, 4.69) is 27.6 Å². The Morgan fingerprint density at radius 3 is 3.07 bits per heavy atom. The summed E-state index contributed by atoms with van der Waals surface area (Å²) in [6.07, 6.45) is 4.16. The molecule has 2 aromatic rings. The number of rotatable bonds is 2. The third-order valence-corrected chi connectivity index (χ3v) is 3.87. The van der Waals surface area contributed by atoms with Gasteiger partial charge in [-0.2, -0.15) is 0 Å². The van der Waals surface area contributed by atoms with Crippen molar-refractivity contribution < 1.29 is 0 Å². The quantitative estimate of drug-likeness (QED) is 0.844. The molecule has 0 saturated heterocycles. The van der Waals surface area contributed by atoms with Crippen LogP contribution >= 0.6 is 11.3 Å². The van der Waals surface area contributed by atoms with Crippen LogP contribution in [0.2, 0.25) is 0 Å². The second kappa shape index (κ2) is 3.45. The van der Waals surface area contributed by atoms with Crippen molar-refractivity contribution in [2.24, 2.45) is 5.92 Å². The molecule has 15 heavy (non-hydrogen) atoms. The minimum atomic E-state index is 0.611. The van der Waals surface area contributed by atoms with Crippen LogP contribution in [0.25, 0.3) is 10.2 Å². The molecule has 2 aromatic heterocycles. The van der Waals surface area contributed by atoms with Crippen molar-refractivity contribution >= 4 is 27.4 Å². The fourth-order valence-corrected chi connectivity index (χ4v) is 2.90. The molecule has 3 rings (SSSR count). The molecule has 2 heterocycles. The molecule has 78 valence electrons. The van der Waals surface area contributed by atoms with E-state index >= 15 is 0 Å². The standard InChI is InChI=1S/C11H13N3S/c1-7-4-8(5-7)14-11-10-9(2-3-15-10)12-6-13-11/h2-3,6-8H,4-5H2,1H3,(H,12,13,14). The van der Waals surface area contributed by atoms with Gasteiger partial charge in [-0.3, -0.25) is 0 Å². The number of nitrogens with zero attached hydrogens (tertiary/aromatic N) is 2. The molecular formula is C11H13N3S. The smallest absolute Gasteiger partial charge is 0.147 e. The molecule has 1 aliphatic carbocycles. The highest BCUT2D eigenvalue weighted by Crippen LogP contribution is 2.32. The minimum absolute atomic E-state index is 0.611. The van der Waals surface area contributed by atoms with Gasteiger partial charge in [-0.05, 0) is 30.2 Å². The number of hydrogen-bond donors (Lipinski definition) is 1. The summed E-state index contributed by atoms with van der Waals surface area (Å²) >= 11 is 1.70. The van der Waals surface area contributed by atoms with Gasteiger partial charge in [0.05, 0.1) is 10.2 Å². The molecule has 0 bridgehead atoms. The van der Waals surface area contributed by atoms with Gasteiger partial charge in [0.2, 0.25) is 0 Å². The topological polar surface area (TPSA) is 37.8 Å². The summed E-state index contributed by atoms with van der Waals surface area (Å²) in [5.74, 6) is 1.87. The monoisotopic (exact) mass is 219 g/mol. The molecule has 0 atom stereocenters. The molecule has 1 aliphatic rings. The number of nitrogens with one attached hydrogen (secondary N) is 1. The first-order valence-corrected chi connectivity index (χ1v) is 6.15. The zero-order valence-electron chi connectivity index (χ0n) is 8.60. The minimum Gasteiger partial charge on any atom is -0.366 e. The highest BCUT2D eigenvalue weighted by atomic mass is 32.1. The summed E-state index contributed by atoms with van der Waals surface area (Å²) in [6.45, 7) is 2.29. The van der Waals surface area contributed by atoms with Crippen LogP contribution in [0.1, 0.15) is 19.8 Å².